The Morgan fingerprint density at radius 1 is 1.33 bits per heavy atom. The van der Waals surface area contributed by atoms with Gasteiger partial charge >= 0.3 is 0 Å². The Bertz CT molecular complexity index is 622. The van der Waals surface area contributed by atoms with Crippen LogP contribution < -0.4 is 14.8 Å². The molecule has 1 heterocycles. The molecule has 6 nitrogen and oxygen atoms in total. The van der Waals surface area contributed by atoms with Crippen LogP contribution in [0.15, 0.2) is 28.8 Å². The van der Waals surface area contributed by atoms with E-state index in [4.69, 9.17) is 14.0 Å². The second-order valence-corrected chi connectivity index (χ2v) is 4.48. The van der Waals surface area contributed by atoms with Gasteiger partial charge in [-0.1, -0.05) is 11.2 Å². The summed E-state index contributed by atoms with van der Waals surface area (Å²) >= 11 is 0. The van der Waals surface area contributed by atoms with Crippen molar-refractivity contribution >= 4 is 5.91 Å². The molecule has 1 aromatic carbocycles. The molecule has 0 aliphatic heterocycles. The average molecular weight is 290 g/mol. The lowest BCUT2D eigenvalue weighted by molar-refractivity contribution is 0.0950. The lowest BCUT2D eigenvalue weighted by atomic mass is 10.1. The number of hydrogen-bond donors (Lipinski definition) is 1. The fourth-order valence-electron chi connectivity index (χ4n) is 1.99. The predicted octanol–water partition coefficient (Wildman–Crippen LogP) is 1.97. The van der Waals surface area contributed by atoms with Gasteiger partial charge in [0, 0.05) is 19.0 Å². The largest absolute Gasteiger partial charge is 0.493 e. The zero-order valence-electron chi connectivity index (χ0n) is 12.3. The van der Waals surface area contributed by atoms with E-state index in [1.165, 1.54) is 14.2 Å². The molecule has 0 saturated carbocycles. The molecule has 0 spiro atoms. The Hall–Kier alpha value is -2.50. The standard InChI is InChI=1S/C15H18N2O4/c1-10-9-11(21-17-10)7-8-16-15(18)12-5-4-6-13(19-2)14(12)20-3/h4-6,9H,7-8H2,1-3H3,(H,16,18). The molecule has 21 heavy (non-hydrogen) atoms. The van der Waals surface area contributed by atoms with Crippen LogP contribution in [0.5, 0.6) is 11.5 Å². The molecule has 0 fully saturated rings. The van der Waals surface area contributed by atoms with Crippen molar-refractivity contribution in [2.75, 3.05) is 20.8 Å². The van der Waals surface area contributed by atoms with E-state index in [2.05, 4.69) is 10.5 Å². The highest BCUT2D eigenvalue weighted by Gasteiger charge is 2.16. The van der Waals surface area contributed by atoms with Crippen LogP contribution in [0.1, 0.15) is 21.8 Å². The number of para-hydroxylation sites is 1. The zero-order chi connectivity index (χ0) is 15.2. The van der Waals surface area contributed by atoms with E-state index in [1.54, 1.807) is 18.2 Å². The van der Waals surface area contributed by atoms with Gasteiger partial charge in [0.05, 0.1) is 25.5 Å². The molecule has 0 radical (unpaired) electrons. The summed E-state index contributed by atoms with van der Waals surface area (Å²) in [5.41, 5.74) is 1.26. The monoisotopic (exact) mass is 290 g/mol. The second-order valence-electron chi connectivity index (χ2n) is 4.48. The maximum absolute atomic E-state index is 12.2. The molecule has 0 aliphatic carbocycles. The molecule has 2 aromatic rings. The van der Waals surface area contributed by atoms with Gasteiger partial charge in [-0.05, 0) is 19.1 Å². The molecule has 0 bridgehead atoms. The van der Waals surface area contributed by atoms with Gasteiger partial charge in [-0.3, -0.25) is 4.79 Å². The van der Waals surface area contributed by atoms with E-state index in [0.29, 0.717) is 30.0 Å². The molecule has 0 aliphatic rings. The third kappa shape index (κ3) is 3.53. The summed E-state index contributed by atoms with van der Waals surface area (Å²) in [4.78, 5) is 12.2. The number of nitrogens with one attached hydrogen (secondary N) is 1. The normalized spacial score (nSPS) is 10.2. The Morgan fingerprint density at radius 2 is 2.14 bits per heavy atom. The van der Waals surface area contributed by atoms with Crippen molar-refractivity contribution in [2.45, 2.75) is 13.3 Å². The highest BCUT2D eigenvalue weighted by molar-refractivity contribution is 5.97. The third-order valence-corrected chi connectivity index (χ3v) is 2.98. The van der Waals surface area contributed by atoms with Crippen LogP contribution in [0.3, 0.4) is 0 Å². The summed E-state index contributed by atoms with van der Waals surface area (Å²) < 4.78 is 15.5. The minimum atomic E-state index is -0.220. The molecule has 0 atom stereocenters. The van der Waals surface area contributed by atoms with Crippen molar-refractivity contribution in [3.63, 3.8) is 0 Å². The number of methoxy groups -OCH3 is 2. The summed E-state index contributed by atoms with van der Waals surface area (Å²) in [5, 5.41) is 6.62. The van der Waals surface area contributed by atoms with Crippen LogP contribution >= 0.6 is 0 Å². The van der Waals surface area contributed by atoms with E-state index < -0.39 is 0 Å². The maximum Gasteiger partial charge on any atom is 0.255 e. The summed E-state index contributed by atoms with van der Waals surface area (Å²) in [5.74, 6) is 1.47. The molecule has 112 valence electrons. The van der Waals surface area contributed by atoms with Gasteiger partial charge in [0.25, 0.3) is 5.91 Å². The summed E-state index contributed by atoms with van der Waals surface area (Å²) in [6.07, 6.45) is 0.582. The Labute approximate surface area is 123 Å². The van der Waals surface area contributed by atoms with Gasteiger partial charge in [-0.25, -0.2) is 0 Å². The van der Waals surface area contributed by atoms with E-state index in [0.717, 1.165) is 11.5 Å². The second kappa shape index (κ2) is 6.78. The highest BCUT2D eigenvalue weighted by atomic mass is 16.5. The number of ether oxygens (including phenoxy) is 2. The van der Waals surface area contributed by atoms with E-state index in [9.17, 15) is 4.79 Å². The van der Waals surface area contributed by atoms with E-state index >= 15 is 0 Å². The minimum Gasteiger partial charge on any atom is -0.493 e. The Kier molecular flexibility index (Phi) is 4.81. The maximum atomic E-state index is 12.2. The van der Waals surface area contributed by atoms with Crippen LogP contribution in [-0.2, 0) is 6.42 Å². The topological polar surface area (TPSA) is 73.6 Å². The summed E-state index contributed by atoms with van der Waals surface area (Å²) in [6, 6.07) is 7.02. The average Bonchev–Trinajstić information content (AvgIpc) is 2.91. The van der Waals surface area contributed by atoms with Crippen molar-refractivity contribution in [1.82, 2.24) is 10.5 Å². The number of rotatable bonds is 6. The first-order chi connectivity index (χ1) is 10.2. The van der Waals surface area contributed by atoms with Crippen LogP contribution in [0, 0.1) is 6.92 Å². The molecule has 2 rings (SSSR count). The fraction of sp³-hybridized carbons (Fsp3) is 0.333. The van der Waals surface area contributed by atoms with Crippen molar-refractivity contribution in [3.05, 3.63) is 41.3 Å². The number of amides is 1. The first kappa shape index (κ1) is 14.9. The summed E-state index contributed by atoms with van der Waals surface area (Å²) in [7, 11) is 3.04. The van der Waals surface area contributed by atoms with Gasteiger partial charge < -0.3 is 19.3 Å². The number of hydrogen-bond acceptors (Lipinski definition) is 5. The molecular formula is C15H18N2O4. The molecule has 1 aromatic heterocycles. The van der Waals surface area contributed by atoms with Gasteiger partial charge in [0.2, 0.25) is 0 Å². The smallest absolute Gasteiger partial charge is 0.255 e. The molecule has 1 N–H and O–H groups in total. The van der Waals surface area contributed by atoms with Crippen LogP contribution in [0.2, 0.25) is 0 Å². The summed E-state index contributed by atoms with van der Waals surface area (Å²) in [6.45, 7) is 2.31. The number of carbonyl (C=O) groups excluding carboxylic acids is 1. The number of aryl methyl sites for hydroxylation is 1. The van der Waals surface area contributed by atoms with Crippen molar-refractivity contribution < 1.29 is 18.8 Å². The number of benzene rings is 1. The molecule has 6 heteroatoms. The zero-order valence-corrected chi connectivity index (χ0v) is 12.3. The third-order valence-electron chi connectivity index (χ3n) is 2.98. The van der Waals surface area contributed by atoms with Gasteiger partial charge in [-0.15, -0.1) is 0 Å². The quantitative estimate of drug-likeness (QED) is 0.880. The molecule has 0 saturated heterocycles. The van der Waals surface area contributed by atoms with Crippen LogP contribution in [0.25, 0.3) is 0 Å². The lowest BCUT2D eigenvalue weighted by Gasteiger charge is -2.12. The van der Waals surface area contributed by atoms with Gasteiger partial charge in [-0.2, -0.15) is 0 Å². The van der Waals surface area contributed by atoms with Crippen molar-refractivity contribution in [3.8, 4) is 11.5 Å². The highest BCUT2D eigenvalue weighted by Crippen LogP contribution is 2.30. The first-order valence-electron chi connectivity index (χ1n) is 6.57. The Balaban J connectivity index is 2.00. The molecule has 0 unspecified atom stereocenters. The minimum absolute atomic E-state index is 0.220. The van der Waals surface area contributed by atoms with Crippen molar-refractivity contribution in [1.29, 1.82) is 0 Å². The van der Waals surface area contributed by atoms with Gasteiger partial charge in [0.1, 0.15) is 5.76 Å². The number of carbonyl (C=O) groups is 1. The lowest BCUT2D eigenvalue weighted by Crippen LogP contribution is -2.26. The number of nitrogens with zero attached hydrogens (tertiary/aromatic N) is 1. The van der Waals surface area contributed by atoms with Gasteiger partial charge in [0.15, 0.2) is 11.5 Å². The first-order valence-corrected chi connectivity index (χ1v) is 6.57. The van der Waals surface area contributed by atoms with E-state index in [-0.39, 0.29) is 5.91 Å². The van der Waals surface area contributed by atoms with Crippen LogP contribution in [-0.4, -0.2) is 31.8 Å². The number of aromatic nitrogens is 1. The SMILES string of the molecule is COc1cccc(C(=O)NCCc2cc(C)no2)c1OC. The Morgan fingerprint density at radius 3 is 2.76 bits per heavy atom. The molecule has 1 amide bonds. The predicted molar refractivity (Wildman–Crippen MR) is 76.8 cm³/mol. The molecular weight excluding hydrogens is 272 g/mol. The fourth-order valence-corrected chi connectivity index (χ4v) is 1.99. The van der Waals surface area contributed by atoms with E-state index in [1.807, 2.05) is 13.0 Å². The van der Waals surface area contributed by atoms with Crippen molar-refractivity contribution in [2.24, 2.45) is 0 Å². The van der Waals surface area contributed by atoms with Crippen LogP contribution in [0.4, 0.5) is 0 Å².